The summed E-state index contributed by atoms with van der Waals surface area (Å²) in [4.78, 5) is 9.05. The van der Waals surface area contributed by atoms with Crippen LogP contribution in [0, 0.1) is 0 Å². The molecule has 0 unspecified atom stereocenters. The molecule has 0 aromatic carbocycles. The summed E-state index contributed by atoms with van der Waals surface area (Å²) in [6.45, 7) is 4.87. The third-order valence-corrected chi connectivity index (χ3v) is 6.07. The molecule has 0 atom stereocenters. The first-order valence-electron chi connectivity index (χ1n) is 9.76. The molecule has 3 aromatic heterocycles. The number of aromatic nitrogens is 6. The van der Waals surface area contributed by atoms with Gasteiger partial charge in [-0.2, -0.15) is 14.6 Å². The Balaban J connectivity index is 1.62. The molecule has 160 valence electrons. The number of rotatable bonds is 6. The van der Waals surface area contributed by atoms with Crippen LogP contribution in [0.3, 0.4) is 0 Å². The first-order chi connectivity index (χ1) is 14.1. The Morgan fingerprint density at radius 3 is 2.63 bits per heavy atom. The highest BCUT2D eigenvalue weighted by Crippen LogP contribution is 2.30. The van der Waals surface area contributed by atoms with Crippen LogP contribution in [-0.2, 0) is 10.0 Å². The fourth-order valence-electron chi connectivity index (χ4n) is 3.37. The van der Waals surface area contributed by atoms with E-state index in [1.807, 2.05) is 21.7 Å². The molecule has 30 heavy (non-hydrogen) atoms. The van der Waals surface area contributed by atoms with Gasteiger partial charge in [-0.15, -0.1) is 5.10 Å². The number of fused-ring (bicyclic) bond motifs is 1. The van der Waals surface area contributed by atoms with Gasteiger partial charge in [0.25, 0.3) is 0 Å². The maximum atomic E-state index is 11.7. The van der Waals surface area contributed by atoms with Crippen LogP contribution in [0.25, 0.3) is 16.9 Å². The zero-order valence-corrected chi connectivity index (χ0v) is 18.3. The van der Waals surface area contributed by atoms with E-state index in [-0.39, 0.29) is 6.04 Å². The van der Waals surface area contributed by atoms with Gasteiger partial charge in [-0.25, -0.2) is 17.7 Å². The number of hydrogen-bond donors (Lipinski definition) is 2. The summed E-state index contributed by atoms with van der Waals surface area (Å²) in [7, 11) is -1.20. The molecule has 11 nitrogen and oxygen atoms in total. The molecule has 0 saturated carbocycles. The standard InChI is InChI=1S/C17H25BN8O3S/c1-17(2,18)29-15-14(11-8-20-21-9-11)19-10-13-23-16(24-26(13)15)22-12-4-6-25(7-5-12)30(3,27)28/h8-10,12H,4-7,18H2,1-3H3,(H,20,21)(H,22,24). The molecule has 0 bridgehead atoms. The molecule has 2 N–H and O–H groups in total. The Morgan fingerprint density at radius 2 is 2.03 bits per heavy atom. The van der Waals surface area contributed by atoms with E-state index in [1.54, 1.807) is 23.1 Å². The quantitative estimate of drug-likeness (QED) is 0.525. The number of sulfonamides is 1. The minimum atomic E-state index is -3.15. The molecule has 1 saturated heterocycles. The molecule has 13 heteroatoms. The smallest absolute Gasteiger partial charge is 0.243 e. The van der Waals surface area contributed by atoms with Crippen LogP contribution < -0.4 is 10.1 Å². The van der Waals surface area contributed by atoms with E-state index in [4.69, 9.17) is 4.74 Å². The van der Waals surface area contributed by atoms with Crippen molar-refractivity contribution in [2.45, 2.75) is 38.2 Å². The van der Waals surface area contributed by atoms with Crippen molar-refractivity contribution in [1.82, 2.24) is 34.1 Å². The van der Waals surface area contributed by atoms with Gasteiger partial charge >= 0.3 is 0 Å². The predicted molar refractivity (Wildman–Crippen MR) is 115 cm³/mol. The zero-order valence-electron chi connectivity index (χ0n) is 17.5. The van der Waals surface area contributed by atoms with Crippen molar-refractivity contribution in [3.05, 3.63) is 18.6 Å². The van der Waals surface area contributed by atoms with Gasteiger partial charge in [0.15, 0.2) is 13.5 Å². The maximum Gasteiger partial charge on any atom is 0.243 e. The number of hydrogen-bond acceptors (Lipinski definition) is 8. The highest BCUT2D eigenvalue weighted by atomic mass is 32.2. The molecular weight excluding hydrogens is 407 g/mol. The summed E-state index contributed by atoms with van der Waals surface area (Å²) >= 11 is 0. The van der Waals surface area contributed by atoms with Gasteiger partial charge in [0, 0.05) is 30.9 Å². The minimum absolute atomic E-state index is 0.0914. The van der Waals surface area contributed by atoms with E-state index < -0.39 is 15.5 Å². The van der Waals surface area contributed by atoms with Crippen LogP contribution in [0.1, 0.15) is 26.7 Å². The third kappa shape index (κ3) is 4.41. The van der Waals surface area contributed by atoms with Crippen LogP contribution in [0.5, 0.6) is 5.88 Å². The van der Waals surface area contributed by atoms with Gasteiger partial charge < -0.3 is 10.1 Å². The van der Waals surface area contributed by atoms with Crippen molar-refractivity contribution >= 4 is 29.5 Å². The molecule has 0 amide bonds. The molecule has 1 aliphatic heterocycles. The van der Waals surface area contributed by atoms with Crippen molar-refractivity contribution in [2.24, 2.45) is 0 Å². The number of nitrogens with zero attached hydrogens (tertiary/aromatic N) is 6. The first-order valence-corrected chi connectivity index (χ1v) is 11.6. The Hall–Kier alpha value is -2.67. The van der Waals surface area contributed by atoms with E-state index >= 15 is 0 Å². The second-order valence-electron chi connectivity index (χ2n) is 8.40. The second kappa shape index (κ2) is 7.54. The Labute approximate surface area is 175 Å². The molecule has 1 fully saturated rings. The molecule has 4 rings (SSSR count). The number of H-pyrrole nitrogens is 1. The minimum Gasteiger partial charge on any atom is -0.480 e. The highest BCUT2D eigenvalue weighted by Gasteiger charge is 2.26. The molecule has 3 aromatic rings. The summed E-state index contributed by atoms with van der Waals surface area (Å²) in [6, 6.07) is 0.0914. The normalized spacial score (nSPS) is 16.8. The van der Waals surface area contributed by atoms with Gasteiger partial charge in [0.1, 0.15) is 5.69 Å². The van der Waals surface area contributed by atoms with Gasteiger partial charge in [0.05, 0.1) is 24.1 Å². The SMILES string of the molecule is BC(C)(C)Oc1c(-c2cn[nH]c2)ncc2nc(NC3CCN(S(C)(=O)=O)CC3)nn12. The Bertz CT molecular complexity index is 1130. The molecule has 0 radical (unpaired) electrons. The number of anilines is 1. The van der Waals surface area contributed by atoms with Crippen molar-refractivity contribution in [3.8, 4) is 17.1 Å². The lowest BCUT2D eigenvalue weighted by Crippen LogP contribution is -2.41. The largest absolute Gasteiger partial charge is 0.480 e. The van der Waals surface area contributed by atoms with E-state index in [0.29, 0.717) is 49.1 Å². The summed E-state index contributed by atoms with van der Waals surface area (Å²) in [5.41, 5.74) is 1.49. The molecular formula is C17H25BN8O3S. The summed E-state index contributed by atoms with van der Waals surface area (Å²) in [6.07, 6.45) is 7.68. The summed E-state index contributed by atoms with van der Waals surface area (Å²) in [5, 5.41) is 14.7. The highest BCUT2D eigenvalue weighted by molar-refractivity contribution is 7.88. The van der Waals surface area contributed by atoms with Crippen molar-refractivity contribution in [3.63, 3.8) is 0 Å². The van der Waals surface area contributed by atoms with Gasteiger partial charge in [0.2, 0.25) is 21.9 Å². The Kier molecular flexibility index (Phi) is 5.18. The van der Waals surface area contributed by atoms with Crippen molar-refractivity contribution in [1.29, 1.82) is 0 Å². The van der Waals surface area contributed by atoms with Crippen LogP contribution in [0.4, 0.5) is 5.95 Å². The van der Waals surface area contributed by atoms with E-state index in [9.17, 15) is 8.42 Å². The molecule has 0 spiro atoms. The van der Waals surface area contributed by atoms with Crippen LogP contribution in [-0.4, -0.2) is 81.2 Å². The molecule has 0 aliphatic carbocycles. The zero-order chi connectivity index (χ0) is 21.5. The average Bonchev–Trinajstić information content (AvgIpc) is 3.30. The molecule has 1 aliphatic rings. The number of nitrogens with one attached hydrogen (secondary N) is 2. The van der Waals surface area contributed by atoms with Gasteiger partial charge in [-0.1, -0.05) is 0 Å². The van der Waals surface area contributed by atoms with Crippen molar-refractivity contribution < 1.29 is 13.2 Å². The van der Waals surface area contributed by atoms with Crippen molar-refractivity contribution in [2.75, 3.05) is 24.7 Å². The lowest BCUT2D eigenvalue weighted by molar-refractivity contribution is 0.185. The Morgan fingerprint density at radius 1 is 1.30 bits per heavy atom. The summed E-state index contributed by atoms with van der Waals surface area (Å²) < 4.78 is 32.7. The maximum absolute atomic E-state index is 11.7. The third-order valence-electron chi connectivity index (χ3n) is 4.77. The van der Waals surface area contributed by atoms with E-state index in [2.05, 4.69) is 30.6 Å². The fourth-order valence-corrected chi connectivity index (χ4v) is 4.24. The predicted octanol–water partition coefficient (Wildman–Crippen LogP) is 0.0983. The van der Waals surface area contributed by atoms with Crippen LogP contribution in [0.15, 0.2) is 18.6 Å². The van der Waals surface area contributed by atoms with Gasteiger partial charge in [-0.05, 0) is 26.7 Å². The average molecular weight is 432 g/mol. The van der Waals surface area contributed by atoms with E-state index in [0.717, 1.165) is 5.56 Å². The topological polar surface area (TPSA) is 130 Å². The summed E-state index contributed by atoms with van der Waals surface area (Å²) in [5.74, 6) is 0.937. The lowest BCUT2D eigenvalue weighted by Gasteiger charge is -2.30. The van der Waals surface area contributed by atoms with Crippen LogP contribution in [0.2, 0.25) is 0 Å². The van der Waals surface area contributed by atoms with Gasteiger partial charge in [-0.3, -0.25) is 5.10 Å². The number of piperidine rings is 1. The monoisotopic (exact) mass is 432 g/mol. The number of aromatic amines is 1. The first kappa shape index (κ1) is 20.6. The second-order valence-corrected chi connectivity index (χ2v) is 10.4. The lowest BCUT2D eigenvalue weighted by atomic mass is 9.86. The number of ether oxygens (including phenoxy) is 1. The van der Waals surface area contributed by atoms with Crippen LogP contribution >= 0.6 is 0 Å². The molecule has 4 heterocycles. The van der Waals surface area contributed by atoms with E-state index in [1.165, 1.54) is 10.6 Å². The fraction of sp³-hybridized carbons (Fsp3) is 0.529.